The van der Waals surface area contributed by atoms with Gasteiger partial charge >= 0.3 is 5.97 Å². The van der Waals surface area contributed by atoms with Crippen molar-refractivity contribution >= 4 is 5.97 Å². The molecule has 98 valence electrons. The molecule has 1 heterocycles. The molecular formula is C13H18N2O3. The van der Waals surface area contributed by atoms with Gasteiger partial charge in [0.2, 0.25) is 5.89 Å². The molecule has 0 saturated heterocycles. The van der Waals surface area contributed by atoms with Crippen molar-refractivity contribution in [1.82, 2.24) is 10.1 Å². The van der Waals surface area contributed by atoms with E-state index in [1.807, 2.05) is 0 Å². The standard InChI is InChI=1S/C13H18N2O3/c1-13(6-7-13)12-14-10(18-15-12)8-4-2-3-5-9(8)11(16)17/h8-9H,2-7H2,1H3,(H,16,17). The highest BCUT2D eigenvalue weighted by Gasteiger charge is 2.44. The predicted molar refractivity (Wildman–Crippen MR) is 63.2 cm³/mol. The van der Waals surface area contributed by atoms with Crippen LogP contribution in [0.4, 0.5) is 0 Å². The molecule has 2 unspecified atom stereocenters. The lowest BCUT2D eigenvalue weighted by Crippen LogP contribution is -2.25. The van der Waals surface area contributed by atoms with Crippen molar-refractivity contribution in [2.45, 2.75) is 56.8 Å². The molecule has 1 aromatic heterocycles. The van der Waals surface area contributed by atoms with Crippen LogP contribution in [-0.4, -0.2) is 21.2 Å². The smallest absolute Gasteiger partial charge is 0.307 e. The van der Waals surface area contributed by atoms with Gasteiger partial charge in [-0.1, -0.05) is 24.9 Å². The minimum absolute atomic E-state index is 0.0785. The maximum Gasteiger partial charge on any atom is 0.307 e. The molecule has 2 fully saturated rings. The molecule has 3 rings (SSSR count). The average molecular weight is 250 g/mol. The first-order valence-electron chi connectivity index (χ1n) is 6.67. The van der Waals surface area contributed by atoms with Crippen LogP contribution < -0.4 is 0 Å². The Morgan fingerprint density at radius 2 is 2.11 bits per heavy atom. The average Bonchev–Trinajstić information content (AvgIpc) is 2.94. The summed E-state index contributed by atoms with van der Waals surface area (Å²) < 4.78 is 5.33. The lowest BCUT2D eigenvalue weighted by Gasteiger charge is -2.25. The van der Waals surface area contributed by atoms with E-state index in [2.05, 4.69) is 17.1 Å². The van der Waals surface area contributed by atoms with Gasteiger partial charge in [-0.15, -0.1) is 0 Å². The van der Waals surface area contributed by atoms with E-state index in [1.54, 1.807) is 0 Å². The van der Waals surface area contributed by atoms with Crippen LogP contribution in [0.5, 0.6) is 0 Å². The molecule has 0 bridgehead atoms. The van der Waals surface area contributed by atoms with Gasteiger partial charge in [-0.25, -0.2) is 0 Å². The molecule has 0 aliphatic heterocycles. The minimum Gasteiger partial charge on any atom is -0.481 e. The number of hydrogen-bond acceptors (Lipinski definition) is 4. The number of rotatable bonds is 3. The Labute approximate surface area is 106 Å². The fourth-order valence-corrected chi connectivity index (χ4v) is 2.76. The van der Waals surface area contributed by atoms with Crippen molar-refractivity contribution in [2.24, 2.45) is 5.92 Å². The van der Waals surface area contributed by atoms with Crippen molar-refractivity contribution in [3.8, 4) is 0 Å². The summed E-state index contributed by atoms with van der Waals surface area (Å²) >= 11 is 0. The van der Waals surface area contributed by atoms with Crippen molar-refractivity contribution in [3.63, 3.8) is 0 Å². The van der Waals surface area contributed by atoms with Gasteiger partial charge in [0, 0.05) is 5.41 Å². The van der Waals surface area contributed by atoms with Crippen LogP contribution in [0.1, 0.15) is 63.1 Å². The molecule has 2 atom stereocenters. The predicted octanol–water partition coefficient (Wildman–Crippen LogP) is 2.48. The molecule has 2 saturated carbocycles. The molecule has 18 heavy (non-hydrogen) atoms. The molecule has 0 amide bonds. The van der Waals surface area contributed by atoms with Gasteiger partial charge in [0.05, 0.1) is 11.8 Å². The molecule has 0 spiro atoms. The third-order valence-electron chi connectivity index (χ3n) is 4.38. The van der Waals surface area contributed by atoms with E-state index in [0.717, 1.165) is 44.3 Å². The first kappa shape index (κ1) is 11.7. The third kappa shape index (κ3) is 1.91. The van der Waals surface area contributed by atoms with Crippen LogP contribution in [0.15, 0.2) is 4.52 Å². The molecule has 0 aromatic carbocycles. The van der Waals surface area contributed by atoms with Crippen molar-refractivity contribution in [3.05, 3.63) is 11.7 Å². The fourth-order valence-electron chi connectivity index (χ4n) is 2.76. The molecule has 1 aromatic rings. The highest BCUT2D eigenvalue weighted by Crippen LogP contribution is 2.47. The van der Waals surface area contributed by atoms with Gasteiger partial charge in [0.25, 0.3) is 0 Å². The first-order chi connectivity index (χ1) is 8.60. The monoisotopic (exact) mass is 250 g/mol. The van der Waals surface area contributed by atoms with Crippen LogP contribution in [0.25, 0.3) is 0 Å². The summed E-state index contributed by atoms with van der Waals surface area (Å²) in [5.41, 5.74) is 0.0785. The second kappa shape index (κ2) is 4.07. The number of nitrogens with zero attached hydrogens (tertiary/aromatic N) is 2. The van der Waals surface area contributed by atoms with Gasteiger partial charge in [0.1, 0.15) is 0 Å². The van der Waals surface area contributed by atoms with E-state index in [4.69, 9.17) is 4.52 Å². The molecular weight excluding hydrogens is 232 g/mol. The zero-order valence-electron chi connectivity index (χ0n) is 10.6. The van der Waals surface area contributed by atoms with Gasteiger partial charge in [-0.2, -0.15) is 4.98 Å². The molecule has 5 nitrogen and oxygen atoms in total. The van der Waals surface area contributed by atoms with Crippen LogP contribution in [0.3, 0.4) is 0 Å². The number of carboxylic acid groups (broad SMARTS) is 1. The first-order valence-corrected chi connectivity index (χ1v) is 6.67. The van der Waals surface area contributed by atoms with E-state index < -0.39 is 5.97 Å². The molecule has 5 heteroatoms. The van der Waals surface area contributed by atoms with Crippen molar-refractivity contribution in [1.29, 1.82) is 0 Å². The Balaban J connectivity index is 1.83. The second-order valence-corrected chi connectivity index (χ2v) is 5.85. The van der Waals surface area contributed by atoms with E-state index in [-0.39, 0.29) is 17.3 Å². The highest BCUT2D eigenvalue weighted by molar-refractivity contribution is 5.71. The topological polar surface area (TPSA) is 76.2 Å². The quantitative estimate of drug-likeness (QED) is 0.891. The summed E-state index contributed by atoms with van der Waals surface area (Å²) in [6, 6.07) is 0. The molecule has 0 radical (unpaired) electrons. The van der Waals surface area contributed by atoms with Crippen LogP contribution in [-0.2, 0) is 10.2 Å². The van der Waals surface area contributed by atoms with Crippen LogP contribution in [0, 0.1) is 5.92 Å². The zero-order chi connectivity index (χ0) is 12.8. The van der Waals surface area contributed by atoms with E-state index in [1.165, 1.54) is 0 Å². The zero-order valence-corrected chi connectivity index (χ0v) is 10.6. The Kier molecular flexibility index (Phi) is 2.64. The number of hydrogen-bond donors (Lipinski definition) is 1. The fraction of sp³-hybridized carbons (Fsp3) is 0.769. The lowest BCUT2D eigenvalue weighted by atomic mass is 9.79. The Morgan fingerprint density at radius 3 is 2.78 bits per heavy atom. The molecule has 2 aliphatic rings. The Bertz CT molecular complexity index is 465. The summed E-state index contributed by atoms with van der Waals surface area (Å²) in [5, 5.41) is 13.3. The van der Waals surface area contributed by atoms with Gasteiger partial charge in [0.15, 0.2) is 5.82 Å². The lowest BCUT2D eigenvalue weighted by molar-refractivity contribution is -0.143. The summed E-state index contributed by atoms with van der Waals surface area (Å²) in [6.07, 6.45) is 5.78. The summed E-state index contributed by atoms with van der Waals surface area (Å²) in [5.74, 6) is 0.0911. The van der Waals surface area contributed by atoms with Gasteiger partial charge in [-0.05, 0) is 25.7 Å². The number of carbonyl (C=O) groups is 1. The van der Waals surface area contributed by atoms with Gasteiger partial charge in [-0.3, -0.25) is 4.79 Å². The van der Waals surface area contributed by atoms with Crippen molar-refractivity contribution < 1.29 is 14.4 Å². The summed E-state index contributed by atoms with van der Waals surface area (Å²) in [7, 11) is 0. The molecule has 2 aliphatic carbocycles. The second-order valence-electron chi connectivity index (χ2n) is 5.85. The maximum absolute atomic E-state index is 11.3. The Morgan fingerprint density at radius 1 is 1.39 bits per heavy atom. The minimum atomic E-state index is -0.739. The van der Waals surface area contributed by atoms with Crippen molar-refractivity contribution in [2.75, 3.05) is 0 Å². The summed E-state index contributed by atoms with van der Waals surface area (Å²) in [4.78, 5) is 15.7. The number of aromatic nitrogens is 2. The normalized spacial score (nSPS) is 30.1. The largest absolute Gasteiger partial charge is 0.481 e. The Hall–Kier alpha value is -1.39. The maximum atomic E-state index is 11.3. The van der Waals surface area contributed by atoms with E-state index >= 15 is 0 Å². The molecule has 1 N–H and O–H groups in total. The highest BCUT2D eigenvalue weighted by atomic mass is 16.5. The van der Waals surface area contributed by atoms with Crippen LogP contribution >= 0.6 is 0 Å². The number of aliphatic carboxylic acids is 1. The SMILES string of the molecule is CC1(c2noc(C3CCCCC3C(=O)O)n2)CC1. The third-order valence-corrected chi connectivity index (χ3v) is 4.38. The van der Waals surface area contributed by atoms with Gasteiger partial charge < -0.3 is 9.63 Å². The van der Waals surface area contributed by atoms with E-state index in [9.17, 15) is 9.90 Å². The summed E-state index contributed by atoms with van der Waals surface area (Å²) in [6.45, 7) is 2.12. The van der Waals surface area contributed by atoms with Crippen LogP contribution in [0.2, 0.25) is 0 Å². The van der Waals surface area contributed by atoms with E-state index in [0.29, 0.717) is 5.89 Å². The number of carboxylic acids is 1.